The van der Waals surface area contributed by atoms with Gasteiger partial charge in [0.1, 0.15) is 23.0 Å². The van der Waals surface area contributed by atoms with Gasteiger partial charge in [-0.1, -0.05) is 42.8 Å². The van der Waals surface area contributed by atoms with Gasteiger partial charge in [-0.15, -0.1) is 0 Å². The lowest BCUT2D eigenvalue weighted by Crippen LogP contribution is -1.98. The van der Waals surface area contributed by atoms with Crippen molar-refractivity contribution in [1.82, 2.24) is 0 Å². The van der Waals surface area contributed by atoms with Gasteiger partial charge in [0, 0.05) is 11.8 Å². The largest absolute Gasteiger partial charge is 0.457 e. The van der Waals surface area contributed by atoms with Gasteiger partial charge in [-0.25, -0.2) is 0 Å². The predicted octanol–water partition coefficient (Wildman–Crippen LogP) is 7.44. The Balaban J connectivity index is 1.35. The molecule has 0 saturated heterocycles. The molecule has 32 heavy (non-hydrogen) atoms. The average molecular weight is 445 g/mol. The van der Waals surface area contributed by atoms with Crippen LogP contribution in [-0.4, -0.2) is 0 Å². The molecule has 0 aliphatic carbocycles. The molecule has 1 unspecified atom stereocenters. The number of hydrogen-bond donors (Lipinski definition) is 2. The topological polar surface area (TPSA) is 70.5 Å². The lowest BCUT2D eigenvalue weighted by molar-refractivity contribution is 0.482. The zero-order valence-electron chi connectivity index (χ0n) is 17.8. The molecule has 0 aromatic heterocycles. The highest BCUT2D eigenvalue weighted by molar-refractivity contribution is 6.33. The van der Waals surface area contributed by atoms with Gasteiger partial charge in [0.25, 0.3) is 0 Å². The molecule has 5 heteroatoms. The van der Waals surface area contributed by atoms with Crippen LogP contribution >= 0.6 is 11.6 Å². The molecule has 0 heterocycles. The van der Waals surface area contributed by atoms with Crippen molar-refractivity contribution in [2.45, 2.75) is 19.3 Å². The van der Waals surface area contributed by atoms with Crippen molar-refractivity contribution in [3.05, 3.63) is 107 Å². The maximum atomic E-state index is 6.06. The molecule has 0 amide bonds. The highest BCUT2D eigenvalue weighted by Gasteiger charge is 2.09. The summed E-state index contributed by atoms with van der Waals surface area (Å²) in [5.74, 6) is 3.34. The number of rotatable bonds is 7. The van der Waals surface area contributed by atoms with Crippen LogP contribution in [0.4, 0.5) is 11.4 Å². The first-order chi connectivity index (χ1) is 15.5. The number of nitrogen functional groups attached to an aromatic ring is 2. The fourth-order valence-electron chi connectivity index (χ4n) is 3.41. The van der Waals surface area contributed by atoms with E-state index in [4.69, 9.17) is 32.5 Å². The predicted molar refractivity (Wildman–Crippen MR) is 132 cm³/mol. The Labute approximate surface area is 193 Å². The standard InChI is InChI=1S/C27H25ClN2O2/c1-18(16-19-2-8-22(9-3-19)31-24-12-6-21(29)7-13-24)20-4-10-23(11-5-20)32-25-14-15-27(30)26(28)17-25/h2-15,17-18H,16,29-30H2,1H3. The highest BCUT2D eigenvalue weighted by Crippen LogP contribution is 2.30. The molecule has 162 valence electrons. The summed E-state index contributed by atoms with van der Waals surface area (Å²) in [5.41, 5.74) is 15.2. The molecule has 4 nitrogen and oxygen atoms in total. The Hall–Kier alpha value is -3.63. The van der Waals surface area contributed by atoms with E-state index in [0.29, 0.717) is 22.4 Å². The number of halogens is 1. The van der Waals surface area contributed by atoms with Gasteiger partial charge in [-0.2, -0.15) is 0 Å². The van der Waals surface area contributed by atoms with Crippen LogP contribution < -0.4 is 20.9 Å². The SMILES string of the molecule is CC(Cc1ccc(Oc2ccc(N)cc2)cc1)c1ccc(Oc2ccc(N)c(Cl)c2)cc1. The fraction of sp³-hybridized carbons (Fsp3) is 0.111. The molecule has 1 atom stereocenters. The molecule has 4 aromatic carbocycles. The van der Waals surface area contributed by atoms with Crippen LogP contribution in [0.1, 0.15) is 24.0 Å². The van der Waals surface area contributed by atoms with Gasteiger partial charge >= 0.3 is 0 Å². The van der Waals surface area contributed by atoms with Crippen molar-refractivity contribution in [2.75, 3.05) is 11.5 Å². The molecule has 0 radical (unpaired) electrons. The van der Waals surface area contributed by atoms with E-state index in [9.17, 15) is 0 Å². The number of nitrogens with two attached hydrogens (primary N) is 2. The van der Waals surface area contributed by atoms with E-state index in [-0.39, 0.29) is 0 Å². The van der Waals surface area contributed by atoms with E-state index >= 15 is 0 Å². The van der Waals surface area contributed by atoms with Crippen molar-refractivity contribution < 1.29 is 9.47 Å². The third-order valence-electron chi connectivity index (χ3n) is 5.24. The molecule has 4 N–H and O–H groups in total. The minimum atomic E-state index is 0.360. The summed E-state index contributed by atoms with van der Waals surface area (Å²) in [4.78, 5) is 0. The summed E-state index contributed by atoms with van der Waals surface area (Å²) in [5, 5.41) is 0.484. The van der Waals surface area contributed by atoms with Crippen molar-refractivity contribution in [2.24, 2.45) is 0 Å². The van der Waals surface area contributed by atoms with Crippen LogP contribution in [0.25, 0.3) is 0 Å². The quantitative estimate of drug-likeness (QED) is 0.290. The first-order valence-corrected chi connectivity index (χ1v) is 10.8. The molecular weight excluding hydrogens is 420 g/mol. The van der Waals surface area contributed by atoms with Gasteiger partial charge < -0.3 is 20.9 Å². The van der Waals surface area contributed by atoms with Gasteiger partial charge in [0.15, 0.2) is 0 Å². The first-order valence-electron chi connectivity index (χ1n) is 10.4. The molecule has 0 aliphatic heterocycles. The average Bonchev–Trinajstić information content (AvgIpc) is 2.80. The zero-order chi connectivity index (χ0) is 22.5. The third kappa shape index (κ3) is 5.54. The highest BCUT2D eigenvalue weighted by atomic mass is 35.5. The van der Waals surface area contributed by atoms with E-state index in [2.05, 4.69) is 31.2 Å². The fourth-order valence-corrected chi connectivity index (χ4v) is 3.58. The van der Waals surface area contributed by atoms with Crippen molar-refractivity contribution in [3.63, 3.8) is 0 Å². The summed E-state index contributed by atoms with van der Waals surface area (Å²) >= 11 is 6.06. The van der Waals surface area contributed by atoms with E-state index in [1.165, 1.54) is 11.1 Å². The van der Waals surface area contributed by atoms with Crippen molar-refractivity contribution in [3.8, 4) is 23.0 Å². The van der Waals surface area contributed by atoms with E-state index in [0.717, 1.165) is 29.4 Å². The summed E-state index contributed by atoms with van der Waals surface area (Å²) in [6.45, 7) is 2.22. The van der Waals surface area contributed by atoms with Gasteiger partial charge in [-0.3, -0.25) is 0 Å². The Bertz CT molecular complexity index is 1170. The van der Waals surface area contributed by atoms with Crippen LogP contribution in [0, 0.1) is 0 Å². The van der Waals surface area contributed by atoms with E-state index < -0.39 is 0 Å². The molecule has 0 fully saturated rings. The molecule has 0 spiro atoms. The molecular formula is C27H25ClN2O2. The Kier molecular flexibility index (Phi) is 6.52. The summed E-state index contributed by atoms with van der Waals surface area (Å²) in [6.07, 6.45) is 0.927. The number of benzene rings is 4. The molecule has 0 aliphatic rings. The summed E-state index contributed by atoms with van der Waals surface area (Å²) in [6, 6.07) is 29.0. The summed E-state index contributed by atoms with van der Waals surface area (Å²) in [7, 11) is 0. The second-order valence-electron chi connectivity index (χ2n) is 7.77. The first kappa shape index (κ1) is 21.6. The number of ether oxygens (including phenoxy) is 2. The molecule has 0 bridgehead atoms. The lowest BCUT2D eigenvalue weighted by atomic mass is 9.94. The smallest absolute Gasteiger partial charge is 0.129 e. The van der Waals surface area contributed by atoms with Crippen LogP contribution in [0.3, 0.4) is 0 Å². The molecule has 0 saturated carbocycles. The minimum absolute atomic E-state index is 0.360. The normalized spacial score (nSPS) is 11.7. The Morgan fingerprint density at radius 1 is 0.688 bits per heavy atom. The Morgan fingerprint density at radius 2 is 1.19 bits per heavy atom. The molecule has 4 rings (SSSR count). The lowest BCUT2D eigenvalue weighted by Gasteiger charge is -2.14. The van der Waals surface area contributed by atoms with Gasteiger partial charge in [0.2, 0.25) is 0 Å². The monoisotopic (exact) mass is 444 g/mol. The van der Waals surface area contributed by atoms with E-state index in [1.54, 1.807) is 18.2 Å². The maximum absolute atomic E-state index is 6.06. The Morgan fingerprint density at radius 3 is 1.78 bits per heavy atom. The second kappa shape index (κ2) is 9.67. The number of anilines is 2. The zero-order valence-corrected chi connectivity index (χ0v) is 18.5. The van der Waals surface area contributed by atoms with E-state index in [1.807, 2.05) is 48.5 Å². The van der Waals surface area contributed by atoms with Gasteiger partial charge in [0.05, 0.1) is 10.7 Å². The van der Waals surface area contributed by atoms with Crippen LogP contribution in [0.2, 0.25) is 5.02 Å². The second-order valence-corrected chi connectivity index (χ2v) is 8.18. The van der Waals surface area contributed by atoms with Gasteiger partial charge in [-0.05, 0) is 84.1 Å². The minimum Gasteiger partial charge on any atom is -0.457 e. The van der Waals surface area contributed by atoms with Crippen LogP contribution in [0.5, 0.6) is 23.0 Å². The van der Waals surface area contributed by atoms with Crippen molar-refractivity contribution in [1.29, 1.82) is 0 Å². The molecule has 4 aromatic rings. The van der Waals surface area contributed by atoms with Crippen LogP contribution in [-0.2, 0) is 6.42 Å². The van der Waals surface area contributed by atoms with Crippen LogP contribution in [0.15, 0.2) is 91.0 Å². The number of hydrogen-bond acceptors (Lipinski definition) is 4. The van der Waals surface area contributed by atoms with Crippen molar-refractivity contribution >= 4 is 23.0 Å². The maximum Gasteiger partial charge on any atom is 0.129 e. The summed E-state index contributed by atoms with van der Waals surface area (Å²) < 4.78 is 11.7. The third-order valence-corrected chi connectivity index (χ3v) is 5.57.